The third-order valence-corrected chi connectivity index (χ3v) is 6.00. The summed E-state index contributed by atoms with van der Waals surface area (Å²) in [6.07, 6.45) is -3.07. The fourth-order valence-corrected chi connectivity index (χ4v) is 3.95. The van der Waals surface area contributed by atoms with Crippen LogP contribution in [0.25, 0.3) is 11.1 Å². The normalized spacial score (nSPS) is 16.1. The summed E-state index contributed by atoms with van der Waals surface area (Å²) in [5, 5.41) is 0. The van der Waals surface area contributed by atoms with Gasteiger partial charge in [0.15, 0.2) is 0 Å². The molecule has 4 unspecified atom stereocenters. The van der Waals surface area contributed by atoms with Gasteiger partial charge in [0.2, 0.25) is 0 Å². The molecule has 0 heterocycles. The summed E-state index contributed by atoms with van der Waals surface area (Å²) in [5.41, 5.74) is 3.49. The zero-order valence-corrected chi connectivity index (χ0v) is 18.6. The molecule has 0 aromatic heterocycles. The average Bonchev–Trinajstić information content (AvgIpc) is 2.72. The van der Waals surface area contributed by atoms with E-state index in [1.807, 2.05) is 39.0 Å². The van der Waals surface area contributed by atoms with Crippen LogP contribution in [-0.4, -0.2) is 19.4 Å². The highest BCUT2D eigenvalue weighted by atomic mass is 19.4. The lowest BCUT2D eigenvalue weighted by molar-refractivity contribution is -0.185. The van der Waals surface area contributed by atoms with Crippen molar-refractivity contribution in [1.29, 1.82) is 0 Å². The van der Waals surface area contributed by atoms with E-state index in [1.165, 1.54) is 11.1 Å². The van der Waals surface area contributed by atoms with Gasteiger partial charge >= 0.3 is 6.18 Å². The minimum absolute atomic E-state index is 0.00952. The summed E-state index contributed by atoms with van der Waals surface area (Å²) < 4.78 is 46.2. The Labute approximate surface area is 179 Å². The number of halogens is 3. The molecule has 4 atom stereocenters. The van der Waals surface area contributed by atoms with E-state index in [9.17, 15) is 13.2 Å². The predicted molar refractivity (Wildman–Crippen MR) is 118 cm³/mol. The van der Waals surface area contributed by atoms with E-state index in [0.29, 0.717) is 13.2 Å². The number of hydrogen-bond acceptors (Lipinski definition) is 1. The van der Waals surface area contributed by atoms with E-state index in [4.69, 9.17) is 4.74 Å². The molecule has 0 aliphatic rings. The van der Waals surface area contributed by atoms with Gasteiger partial charge in [-0.2, -0.15) is 13.2 Å². The van der Waals surface area contributed by atoms with Gasteiger partial charge in [0.25, 0.3) is 0 Å². The maximum atomic E-state index is 13.6. The minimum atomic E-state index is -4.16. The fraction of sp³-hybridized carbons (Fsp3) is 0.538. The summed E-state index contributed by atoms with van der Waals surface area (Å²) in [7, 11) is 0. The van der Waals surface area contributed by atoms with Crippen molar-refractivity contribution in [2.24, 2.45) is 23.7 Å². The van der Waals surface area contributed by atoms with Crippen LogP contribution in [0.15, 0.2) is 54.6 Å². The topological polar surface area (TPSA) is 9.23 Å². The van der Waals surface area contributed by atoms with Gasteiger partial charge in [-0.3, -0.25) is 0 Å². The van der Waals surface area contributed by atoms with Crippen LogP contribution in [0.5, 0.6) is 0 Å². The van der Waals surface area contributed by atoms with Crippen molar-refractivity contribution in [2.45, 2.75) is 53.1 Å². The molecule has 0 saturated heterocycles. The Kier molecular flexibility index (Phi) is 9.41. The first-order valence-corrected chi connectivity index (χ1v) is 11.0. The second-order valence-electron chi connectivity index (χ2n) is 8.70. The standard InChI is InChI=1S/C26H35F3O/c1-5-30-18-19(2)15-25(26(27,28)29)17-21(4)20(3)16-22-11-13-24(14-12-22)23-9-7-6-8-10-23/h6-14,19-21,25H,5,15-18H2,1-4H3. The Morgan fingerprint density at radius 2 is 1.40 bits per heavy atom. The number of alkyl halides is 3. The first-order valence-electron chi connectivity index (χ1n) is 11.0. The van der Waals surface area contributed by atoms with E-state index in [0.717, 1.165) is 12.0 Å². The number of benzene rings is 2. The first-order chi connectivity index (χ1) is 14.2. The van der Waals surface area contributed by atoms with Crippen LogP contribution in [0.4, 0.5) is 13.2 Å². The summed E-state index contributed by atoms with van der Waals surface area (Å²) in [6.45, 7) is 8.65. The van der Waals surface area contributed by atoms with Crippen molar-refractivity contribution in [3.8, 4) is 11.1 Å². The maximum Gasteiger partial charge on any atom is 0.391 e. The molecule has 0 radical (unpaired) electrons. The van der Waals surface area contributed by atoms with Crippen LogP contribution < -0.4 is 0 Å². The van der Waals surface area contributed by atoms with Crippen LogP contribution >= 0.6 is 0 Å². The molecule has 4 heteroatoms. The second-order valence-corrected chi connectivity index (χ2v) is 8.70. The average molecular weight is 421 g/mol. The highest BCUT2D eigenvalue weighted by molar-refractivity contribution is 5.63. The van der Waals surface area contributed by atoms with E-state index >= 15 is 0 Å². The molecule has 0 fully saturated rings. The molecule has 2 rings (SSSR count). The van der Waals surface area contributed by atoms with Crippen LogP contribution in [0.3, 0.4) is 0 Å². The van der Waals surface area contributed by atoms with E-state index < -0.39 is 12.1 Å². The molecule has 0 N–H and O–H groups in total. The highest BCUT2D eigenvalue weighted by Crippen LogP contribution is 2.38. The van der Waals surface area contributed by atoms with Gasteiger partial charge in [0.1, 0.15) is 0 Å². The van der Waals surface area contributed by atoms with Gasteiger partial charge in [-0.25, -0.2) is 0 Å². The fourth-order valence-electron chi connectivity index (χ4n) is 3.95. The Morgan fingerprint density at radius 1 is 0.800 bits per heavy atom. The Bertz CT molecular complexity index is 724. The van der Waals surface area contributed by atoms with Crippen molar-refractivity contribution in [2.75, 3.05) is 13.2 Å². The molecule has 166 valence electrons. The second kappa shape index (κ2) is 11.5. The van der Waals surface area contributed by atoms with Gasteiger partial charge in [-0.05, 0) is 60.6 Å². The molecule has 0 bridgehead atoms. The molecule has 0 amide bonds. The zero-order chi connectivity index (χ0) is 22.1. The van der Waals surface area contributed by atoms with Crippen molar-refractivity contribution in [3.63, 3.8) is 0 Å². The van der Waals surface area contributed by atoms with Crippen LogP contribution in [-0.2, 0) is 11.2 Å². The van der Waals surface area contributed by atoms with Gasteiger partial charge in [-0.15, -0.1) is 0 Å². The third kappa shape index (κ3) is 7.79. The Balaban J connectivity index is 1.95. The Morgan fingerprint density at radius 3 is 1.97 bits per heavy atom. The van der Waals surface area contributed by atoms with Crippen molar-refractivity contribution < 1.29 is 17.9 Å². The van der Waals surface area contributed by atoms with Crippen molar-refractivity contribution in [1.82, 2.24) is 0 Å². The number of rotatable bonds is 11. The predicted octanol–water partition coefficient (Wildman–Crippen LogP) is 7.80. The highest BCUT2D eigenvalue weighted by Gasteiger charge is 2.41. The zero-order valence-electron chi connectivity index (χ0n) is 18.6. The van der Waals surface area contributed by atoms with Crippen LogP contribution in [0.1, 0.15) is 46.1 Å². The first kappa shape index (κ1) is 24.5. The molecule has 0 aliphatic heterocycles. The summed E-state index contributed by atoms with van der Waals surface area (Å²) in [4.78, 5) is 0. The largest absolute Gasteiger partial charge is 0.391 e. The van der Waals surface area contributed by atoms with Crippen molar-refractivity contribution >= 4 is 0 Å². The minimum Gasteiger partial charge on any atom is -0.381 e. The molecular weight excluding hydrogens is 385 g/mol. The van der Waals surface area contributed by atoms with Crippen LogP contribution in [0, 0.1) is 23.7 Å². The molecule has 0 saturated carbocycles. The van der Waals surface area contributed by atoms with Gasteiger partial charge in [-0.1, -0.05) is 75.4 Å². The van der Waals surface area contributed by atoms with Crippen LogP contribution in [0.2, 0.25) is 0 Å². The quantitative estimate of drug-likeness (QED) is 0.360. The summed E-state index contributed by atoms with van der Waals surface area (Å²) >= 11 is 0. The Hall–Kier alpha value is -1.81. The van der Waals surface area contributed by atoms with Gasteiger partial charge in [0, 0.05) is 13.2 Å². The maximum absolute atomic E-state index is 13.6. The summed E-state index contributed by atoms with van der Waals surface area (Å²) in [6, 6.07) is 18.5. The monoisotopic (exact) mass is 420 g/mol. The lowest BCUT2D eigenvalue weighted by Gasteiger charge is -2.29. The number of hydrogen-bond donors (Lipinski definition) is 0. The van der Waals surface area contributed by atoms with E-state index in [2.05, 4.69) is 43.3 Å². The SMILES string of the molecule is CCOCC(C)CC(CC(C)C(C)Cc1ccc(-c2ccccc2)cc1)C(F)(F)F. The molecule has 2 aromatic rings. The van der Waals surface area contributed by atoms with E-state index in [-0.39, 0.29) is 30.6 Å². The van der Waals surface area contributed by atoms with E-state index in [1.54, 1.807) is 0 Å². The molecule has 0 spiro atoms. The van der Waals surface area contributed by atoms with Gasteiger partial charge in [0.05, 0.1) is 5.92 Å². The van der Waals surface area contributed by atoms with Crippen molar-refractivity contribution in [3.05, 3.63) is 60.2 Å². The summed E-state index contributed by atoms with van der Waals surface area (Å²) in [5.74, 6) is -1.19. The lowest BCUT2D eigenvalue weighted by atomic mass is 9.80. The lowest BCUT2D eigenvalue weighted by Crippen LogP contribution is -2.29. The number of ether oxygens (including phenoxy) is 1. The van der Waals surface area contributed by atoms with Gasteiger partial charge < -0.3 is 4.74 Å². The smallest absolute Gasteiger partial charge is 0.381 e. The molecule has 2 aromatic carbocycles. The molecule has 30 heavy (non-hydrogen) atoms. The molecule has 1 nitrogen and oxygen atoms in total. The third-order valence-electron chi connectivity index (χ3n) is 6.00. The molecular formula is C26H35F3O. The molecule has 0 aliphatic carbocycles.